The zero-order valence-electron chi connectivity index (χ0n) is 10.5. The molecule has 10 heteroatoms. The molecule has 1 atom stereocenters. The molecule has 1 fully saturated rings. The summed E-state index contributed by atoms with van der Waals surface area (Å²) in [6.45, 7) is 0.122. The van der Waals surface area contributed by atoms with E-state index >= 15 is 0 Å². The second-order valence-electron chi connectivity index (χ2n) is 4.50. The predicted molar refractivity (Wildman–Crippen MR) is 68.6 cm³/mol. The summed E-state index contributed by atoms with van der Waals surface area (Å²) in [7, 11) is -4.35. The first-order valence-electron chi connectivity index (χ1n) is 5.88. The molecule has 1 unspecified atom stereocenters. The molecule has 1 aliphatic heterocycles. The number of fused-ring (bicyclic) bond motifs is 1. The lowest BCUT2D eigenvalue weighted by Gasteiger charge is -2.07. The molecule has 21 heavy (non-hydrogen) atoms. The van der Waals surface area contributed by atoms with Crippen molar-refractivity contribution in [1.82, 2.24) is 9.55 Å². The average molecular weight is 314 g/mol. The van der Waals surface area contributed by atoms with Crippen molar-refractivity contribution in [2.45, 2.75) is 17.5 Å². The molecule has 2 heterocycles. The third-order valence-corrected chi connectivity index (χ3v) is 3.93. The van der Waals surface area contributed by atoms with E-state index in [1.807, 2.05) is 0 Å². The van der Waals surface area contributed by atoms with Crippen LogP contribution in [0.1, 0.15) is 0 Å². The normalized spacial score (nSPS) is 18.7. The average Bonchev–Trinajstić information content (AvgIpc) is 2.93. The number of carbonyl (C=O) groups excluding carboxylic acids is 1. The zero-order chi connectivity index (χ0) is 15.2. The zero-order valence-corrected chi connectivity index (χ0v) is 11.3. The van der Waals surface area contributed by atoms with Crippen LogP contribution in [-0.4, -0.2) is 41.4 Å². The lowest BCUT2D eigenvalue weighted by Crippen LogP contribution is -2.26. The lowest BCUT2D eigenvalue weighted by molar-refractivity contribution is 0.114. The Morgan fingerprint density at radius 1 is 1.38 bits per heavy atom. The van der Waals surface area contributed by atoms with Gasteiger partial charge >= 0.3 is 11.8 Å². The maximum Gasteiger partial charge on any atom is 0.508 e. The molecular formula is C11H10N2O7S. The van der Waals surface area contributed by atoms with Crippen LogP contribution in [0.15, 0.2) is 27.9 Å². The number of nitrogens with zero attached hydrogens (tertiary/aromatic N) is 1. The predicted octanol–water partition coefficient (Wildman–Crippen LogP) is 0.112. The summed E-state index contributed by atoms with van der Waals surface area (Å²) in [6, 6.07) is 3.71. The third kappa shape index (κ3) is 2.50. The van der Waals surface area contributed by atoms with E-state index in [4.69, 9.17) is 9.29 Å². The number of ether oxygens (including phenoxy) is 2. The Kier molecular flexibility index (Phi) is 2.99. The van der Waals surface area contributed by atoms with Gasteiger partial charge in [-0.3, -0.25) is 9.12 Å². The fourth-order valence-corrected chi connectivity index (χ4v) is 2.65. The number of benzene rings is 1. The number of aromatic amines is 1. The maximum absolute atomic E-state index is 11.9. The molecule has 0 bridgehead atoms. The van der Waals surface area contributed by atoms with E-state index in [1.165, 1.54) is 16.7 Å². The van der Waals surface area contributed by atoms with Crippen molar-refractivity contribution >= 4 is 27.3 Å². The summed E-state index contributed by atoms with van der Waals surface area (Å²) in [5.41, 5.74) is 0.191. The van der Waals surface area contributed by atoms with Gasteiger partial charge in [-0.2, -0.15) is 8.42 Å². The number of rotatable bonds is 3. The number of carbonyl (C=O) groups is 1. The van der Waals surface area contributed by atoms with E-state index in [0.29, 0.717) is 5.52 Å². The Balaban J connectivity index is 2.02. The molecule has 1 aliphatic rings. The molecule has 112 valence electrons. The minimum atomic E-state index is -4.35. The number of nitrogens with one attached hydrogen (secondary N) is 1. The topological polar surface area (TPSA) is 128 Å². The van der Waals surface area contributed by atoms with Crippen molar-refractivity contribution in [3.63, 3.8) is 0 Å². The number of cyclic esters (lactones) is 2. The molecule has 0 radical (unpaired) electrons. The Morgan fingerprint density at radius 3 is 2.76 bits per heavy atom. The van der Waals surface area contributed by atoms with Gasteiger partial charge in [0.25, 0.3) is 10.1 Å². The molecule has 0 amide bonds. The fraction of sp³-hybridized carbons (Fsp3) is 0.273. The van der Waals surface area contributed by atoms with Gasteiger partial charge in [0.05, 0.1) is 22.5 Å². The van der Waals surface area contributed by atoms with Crippen molar-refractivity contribution in [2.24, 2.45) is 0 Å². The first-order chi connectivity index (χ1) is 9.84. The Morgan fingerprint density at radius 2 is 2.14 bits per heavy atom. The second kappa shape index (κ2) is 4.60. The molecule has 1 aromatic heterocycles. The number of aromatic nitrogens is 2. The first-order valence-corrected chi connectivity index (χ1v) is 7.32. The van der Waals surface area contributed by atoms with Gasteiger partial charge in [0, 0.05) is 0 Å². The molecule has 0 spiro atoms. The minimum absolute atomic E-state index is 0.0427. The molecule has 2 N–H and O–H groups in total. The largest absolute Gasteiger partial charge is 0.508 e. The van der Waals surface area contributed by atoms with Crippen molar-refractivity contribution in [3.05, 3.63) is 28.7 Å². The second-order valence-corrected chi connectivity index (χ2v) is 5.92. The molecule has 9 nitrogen and oxygen atoms in total. The van der Waals surface area contributed by atoms with Gasteiger partial charge in [-0.25, -0.2) is 9.59 Å². The molecule has 2 aromatic rings. The smallest absolute Gasteiger partial charge is 0.430 e. The van der Waals surface area contributed by atoms with Crippen LogP contribution in [0.25, 0.3) is 11.0 Å². The summed E-state index contributed by atoms with van der Waals surface area (Å²) in [5.74, 6) is 0. The quantitative estimate of drug-likeness (QED) is 0.608. The van der Waals surface area contributed by atoms with Gasteiger partial charge in [0.2, 0.25) is 0 Å². The van der Waals surface area contributed by atoms with Gasteiger partial charge in [-0.1, -0.05) is 0 Å². The number of imidazole rings is 1. The van der Waals surface area contributed by atoms with Crippen LogP contribution in [0, 0.1) is 0 Å². The SMILES string of the molecule is O=C1OCC(Cn2c(=O)[nH]c3cc(S(=O)(=O)O)ccc32)O1. The van der Waals surface area contributed by atoms with Gasteiger partial charge in [0.1, 0.15) is 6.61 Å². The van der Waals surface area contributed by atoms with Gasteiger partial charge < -0.3 is 14.5 Å². The van der Waals surface area contributed by atoms with E-state index < -0.39 is 28.1 Å². The highest BCUT2D eigenvalue weighted by molar-refractivity contribution is 7.85. The standard InChI is InChI=1S/C11H10N2O7S/c14-10-12-8-3-7(21(16,17)18)1-2-9(8)13(10)4-6-5-19-11(15)20-6/h1-3,6H,4-5H2,(H,12,14)(H,16,17,18). The Bertz CT molecular complexity index is 880. The van der Waals surface area contributed by atoms with E-state index in [1.54, 1.807) is 0 Å². The van der Waals surface area contributed by atoms with Crippen molar-refractivity contribution < 1.29 is 27.2 Å². The molecule has 3 rings (SSSR count). The highest BCUT2D eigenvalue weighted by atomic mass is 32.2. The van der Waals surface area contributed by atoms with Gasteiger partial charge in [0.15, 0.2) is 6.10 Å². The molecule has 1 saturated heterocycles. The first kappa shape index (κ1) is 13.6. The van der Waals surface area contributed by atoms with Crippen molar-refractivity contribution in [2.75, 3.05) is 6.61 Å². The number of H-pyrrole nitrogens is 1. The van der Waals surface area contributed by atoms with Crippen molar-refractivity contribution in [1.29, 1.82) is 0 Å². The van der Waals surface area contributed by atoms with Crippen LogP contribution >= 0.6 is 0 Å². The Hall–Kier alpha value is -2.33. The molecular weight excluding hydrogens is 304 g/mol. The van der Waals surface area contributed by atoms with Gasteiger partial charge in [-0.05, 0) is 18.2 Å². The molecule has 0 saturated carbocycles. The number of hydrogen-bond acceptors (Lipinski definition) is 6. The van der Waals surface area contributed by atoms with Crippen LogP contribution in [-0.2, 0) is 26.1 Å². The monoisotopic (exact) mass is 314 g/mol. The lowest BCUT2D eigenvalue weighted by atomic mass is 10.3. The van der Waals surface area contributed by atoms with E-state index in [-0.39, 0.29) is 23.6 Å². The van der Waals surface area contributed by atoms with Crippen molar-refractivity contribution in [3.8, 4) is 0 Å². The molecule has 1 aromatic carbocycles. The van der Waals surface area contributed by atoms with Crippen LogP contribution < -0.4 is 5.69 Å². The van der Waals surface area contributed by atoms with Gasteiger partial charge in [-0.15, -0.1) is 0 Å². The molecule has 0 aliphatic carbocycles. The summed E-state index contributed by atoms with van der Waals surface area (Å²) in [5, 5.41) is 0. The minimum Gasteiger partial charge on any atom is -0.430 e. The summed E-state index contributed by atoms with van der Waals surface area (Å²) in [6.07, 6.45) is -1.38. The van der Waals surface area contributed by atoms with Crippen LogP contribution in [0.2, 0.25) is 0 Å². The third-order valence-electron chi connectivity index (χ3n) is 3.08. The van der Waals surface area contributed by atoms with Crippen LogP contribution in [0.3, 0.4) is 0 Å². The summed E-state index contributed by atoms with van der Waals surface area (Å²) < 4.78 is 41.9. The highest BCUT2D eigenvalue weighted by Gasteiger charge is 2.26. The number of hydrogen-bond donors (Lipinski definition) is 2. The van der Waals surface area contributed by atoms with E-state index in [9.17, 15) is 18.0 Å². The highest BCUT2D eigenvalue weighted by Crippen LogP contribution is 2.18. The van der Waals surface area contributed by atoms with E-state index in [2.05, 4.69) is 9.72 Å². The summed E-state index contributed by atoms with van der Waals surface area (Å²) >= 11 is 0. The van der Waals surface area contributed by atoms with E-state index in [0.717, 1.165) is 6.07 Å². The maximum atomic E-state index is 11.9. The van der Waals surface area contributed by atoms with Crippen LogP contribution in [0.5, 0.6) is 0 Å². The fourth-order valence-electron chi connectivity index (χ4n) is 2.14. The van der Waals surface area contributed by atoms with Crippen LogP contribution in [0.4, 0.5) is 4.79 Å². The Labute approximate surface area is 117 Å². The summed E-state index contributed by atoms with van der Waals surface area (Å²) in [4.78, 5) is 24.9.